The molecule has 0 aromatic rings. The summed E-state index contributed by atoms with van der Waals surface area (Å²) in [6.45, 7) is 16.9. The Hall–Kier alpha value is -1.18. The molecule has 59 heavy (non-hydrogen) atoms. The van der Waals surface area contributed by atoms with E-state index in [1.54, 1.807) is 0 Å². The number of esters is 2. The Kier molecular flexibility index (Phi) is 38.7. The lowest BCUT2D eigenvalue weighted by atomic mass is 9.91. The van der Waals surface area contributed by atoms with Crippen molar-refractivity contribution in [2.75, 3.05) is 66.6 Å². The predicted molar refractivity (Wildman–Crippen MR) is 254 cm³/mol. The fourth-order valence-corrected chi connectivity index (χ4v) is 8.71. The maximum Gasteiger partial charge on any atom is 0.308 e. The number of rotatable bonds is 45. The SMILES string of the molecule is CCCCCCCCC(CCCCCC)C(=O)OCCCCCN(CCCCCOC(=O)C(CCCCCC)CCCCCCCC)CCN(CCN(C)C)C1CCC1. The van der Waals surface area contributed by atoms with Crippen LogP contribution in [0.1, 0.15) is 240 Å². The van der Waals surface area contributed by atoms with Gasteiger partial charge in [0.2, 0.25) is 0 Å². The highest BCUT2D eigenvalue weighted by molar-refractivity contribution is 5.72. The van der Waals surface area contributed by atoms with E-state index in [-0.39, 0.29) is 23.8 Å². The van der Waals surface area contributed by atoms with Gasteiger partial charge in [0.25, 0.3) is 0 Å². The third-order valence-corrected chi connectivity index (χ3v) is 13.1. The Balaban J connectivity index is 2.58. The van der Waals surface area contributed by atoms with Crippen molar-refractivity contribution < 1.29 is 19.1 Å². The molecule has 0 amide bonds. The summed E-state index contributed by atoms with van der Waals surface area (Å²) in [5.41, 5.74) is 0. The van der Waals surface area contributed by atoms with Crippen LogP contribution in [0.25, 0.3) is 0 Å². The molecule has 0 aliphatic heterocycles. The van der Waals surface area contributed by atoms with Gasteiger partial charge in [-0.05, 0) is 104 Å². The Morgan fingerprint density at radius 2 is 0.797 bits per heavy atom. The minimum atomic E-state index is 0.0662. The lowest BCUT2D eigenvalue weighted by molar-refractivity contribution is -0.150. The number of likely N-dealkylation sites (N-methyl/N-ethyl adjacent to an activating group) is 1. The van der Waals surface area contributed by atoms with Crippen LogP contribution in [0.2, 0.25) is 0 Å². The molecule has 2 atom stereocenters. The largest absolute Gasteiger partial charge is 0.465 e. The molecule has 1 aliphatic rings. The highest BCUT2D eigenvalue weighted by atomic mass is 16.5. The Morgan fingerprint density at radius 1 is 0.441 bits per heavy atom. The highest BCUT2D eigenvalue weighted by Gasteiger charge is 2.25. The summed E-state index contributed by atoms with van der Waals surface area (Å²) in [6, 6.07) is 0.759. The third-order valence-electron chi connectivity index (χ3n) is 13.1. The lowest BCUT2D eigenvalue weighted by Crippen LogP contribution is -2.47. The Morgan fingerprint density at radius 3 is 1.17 bits per heavy atom. The average molecular weight is 834 g/mol. The van der Waals surface area contributed by atoms with Crippen LogP contribution >= 0.6 is 0 Å². The molecule has 0 spiro atoms. The second kappa shape index (κ2) is 40.9. The molecule has 350 valence electrons. The first kappa shape index (κ1) is 55.8. The minimum Gasteiger partial charge on any atom is -0.465 e. The van der Waals surface area contributed by atoms with Gasteiger partial charge in [-0.1, -0.05) is 163 Å². The molecular weight excluding hydrogens is 731 g/mol. The van der Waals surface area contributed by atoms with Crippen LogP contribution in [-0.2, 0) is 19.1 Å². The number of ether oxygens (including phenoxy) is 2. The van der Waals surface area contributed by atoms with Crippen LogP contribution in [-0.4, -0.2) is 99.3 Å². The summed E-state index contributed by atoms with van der Waals surface area (Å²) in [5.74, 6) is 0.309. The Labute approximate surface area is 368 Å². The Bertz CT molecular complexity index is 872. The van der Waals surface area contributed by atoms with E-state index in [0.29, 0.717) is 13.2 Å². The van der Waals surface area contributed by atoms with Crippen LogP contribution in [0.3, 0.4) is 0 Å². The van der Waals surface area contributed by atoms with E-state index in [1.807, 2.05) is 0 Å². The summed E-state index contributed by atoms with van der Waals surface area (Å²) in [6.07, 6.45) is 39.5. The number of carbonyl (C=O) groups is 2. The van der Waals surface area contributed by atoms with Crippen LogP contribution in [0, 0.1) is 11.8 Å². The molecular formula is C52H103N3O4. The lowest BCUT2D eigenvalue weighted by Gasteiger charge is -2.39. The van der Waals surface area contributed by atoms with Gasteiger partial charge in [-0.2, -0.15) is 0 Å². The molecule has 7 heteroatoms. The number of unbranched alkanes of at least 4 members (excludes halogenated alkanes) is 20. The van der Waals surface area contributed by atoms with Crippen LogP contribution in [0.15, 0.2) is 0 Å². The van der Waals surface area contributed by atoms with Crippen molar-refractivity contribution in [3.63, 3.8) is 0 Å². The number of hydrogen-bond donors (Lipinski definition) is 0. The maximum atomic E-state index is 13.2. The minimum absolute atomic E-state index is 0.0662. The van der Waals surface area contributed by atoms with Crippen LogP contribution in [0.5, 0.6) is 0 Å². The summed E-state index contributed by atoms with van der Waals surface area (Å²) >= 11 is 0. The molecule has 1 saturated carbocycles. The van der Waals surface area contributed by atoms with Gasteiger partial charge in [0, 0.05) is 32.2 Å². The van der Waals surface area contributed by atoms with Gasteiger partial charge in [0.05, 0.1) is 25.0 Å². The molecule has 0 saturated heterocycles. The number of carbonyl (C=O) groups excluding carboxylic acids is 2. The zero-order valence-corrected chi connectivity index (χ0v) is 40.7. The molecule has 0 N–H and O–H groups in total. The molecule has 0 aromatic heterocycles. The van der Waals surface area contributed by atoms with Crippen molar-refractivity contribution in [1.29, 1.82) is 0 Å². The van der Waals surface area contributed by atoms with Gasteiger partial charge in [-0.15, -0.1) is 0 Å². The van der Waals surface area contributed by atoms with Gasteiger partial charge in [0.1, 0.15) is 0 Å². The smallest absolute Gasteiger partial charge is 0.308 e. The van der Waals surface area contributed by atoms with E-state index < -0.39 is 0 Å². The molecule has 1 rings (SSSR count). The fourth-order valence-electron chi connectivity index (χ4n) is 8.71. The van der Waals surface area contributed by atoms with Gasteiger partial charge >= 0.3 is 11.9 Å². The molecule has 0 heterocycles. The first-order valence-electron chi connectivity index (χ1n) is 26.3. The standard InChI is InChI=1S/C52H103N3O4/c1-7-11-15-19-21-27-36-48(34-25-17-13-9-3)51(56)58-46-31-23-29-40-54(43-45-55(44-42-53(5)6)50-38-33-39-50)41-30-24-32-47-59-52(57)49(35-26-18-14-10-4)37-28-22-20-16-12-8-2/h48-50H,7-47H2,1-6H3. The zero-order valence-electron chi connectivity index (χ0n) is 40.7. The molecule has 1 fully saturated rings. The molecule has 0 aromatic carbocycles. The first-order valence-corrected chi connectivity index (χ1v) is 26.3. The van der Waals surface area contributed by atoms with E-state index >= 15 is 0 Å². The van der Waals surface area contributed by atoms with Gasteiger partial charge in [-0.25, -0.2) is 0 Å². The van der Waals surface area contributed by atoms with E-state index in [1.165, 1.54) is 122 Å². The van der Waals surface area contributed by atoms with Crippen molar-refractivity contribution >= 4 is 11.9 Å². The second-order valence-electron chi connectivity index (χ2n) is 18.9. The summed E-state index contributed by atoms with van der Waals surface area (Å²) < 4.78 is 11.9. The second-order valence-corrected chi connectivity index (χ2v) is 18.9. The molecule has 0 bridgehead atoms. The number of nitrogens with zero attached hydrogens (tertiary/aromatic N) is 3. The molecule has 7 nitrogen and oxygen atoms in total. The molecule has 1 aliphatic carbocycles. The van der Waals surface area contributed by atoms with Gasteiger partial charge in [0.15, 0.2) is 0 Å². The maximum absolute atomic E-state index is 13.2. The summed E-state index contributed by atoms with van der Waals surface area (Å²) in [4.78, 5) is 34.1. The molecule has 0 radical (unpaired) electrons. The molecule has 2 unspecified atom stereocenters. The van der Waals surface area contributed by atoms with Gasteiger partial charge < -0.3 is 19.3 Å². The van der Waals surface area contributed by atoms with E-state index in [2.05, 4.69) is 56.5 Å². The number of hydrogen-bond acceptors (Lipinski definition) is 7. The zero-order chi connectivity index (χ0) is 43.0. The predicted octanol–water partition coefficient (Wildman–Crippen LogP) is 13.8. The monoisotopic (exact) mass is 834 g/mol. The van der Waals surface area contributed by atoms with Crippen molar-refractivity contribution in [1.82, 2.24) is 14.7 Å². The first-order chi connectivity index (χ1) is 28.9. The van der Waals surface area contributed by atoms with Crippen molar-refractivity contribution in [2.24, 2.45) is 11.8 Å². The fraction of sp³-hybridized carbons (Fsp3) is 0.962. The van der Waals surface area contributed by atoms with Crippen molar-refractivity contribution in [3.8, 4) is 0 Å². The quantitative estimate of drug-likeness (QED) is 0.0447. The topological polar surface area (TPSA) is 62.3 Å². The van der Waals surface area contributed by atoms with E-state index in [4.69, 9.17) is 9.47 Å². The highest BCUT2D eigenvalue weighted by Crippen LogP contribution is 2.25. The summed E-state index contributed by atoms with van der Waals surface area (Å²) in [7, 11) is 4.37. The van der Waals surface area contributed by atoms with Crippen LogP contribution < -0.4 is 0 Å². The van der Waals surface area contributed by atoms with Crippen molar-refractivity contribution in [2.45, 2.75) is 246 Å². The van der Waals surface area contributed by atoms with E-state index in [9.17, 15) is 9.59 Å². The van der Waals surface area contributed by atoms with Crippen molar-refractivity contribution in [3.05, 3.63) is 0 Å². The van der Waals surface area contributed by atoms with Gasteiger partial charge in [-0.3, -0.25) is 14.5 Å². The average Bonchev–Trinajstić information content (AvgIpc) is 3.21. The summed E-state index contributed by atoms with van der Waals surface area (Å²) in [5, 5.41) is 0. The third kappa shape index (κ3) is 32.2. The van der Waals surface area contributed by atoms with Crippen LogP contribution in [0.4, 0.5) is 0 Å². The van der Waals surface area contributed by atoms with E-state index in [0.717, 1.165) is 135 Å². The normalized spacial score (nSPS) is 14.3.